The highest BCUT2D eigenvalue weighted by atomic mass is 16.5. The zero-order chi connectivity index (χ0) is 10.8. The number of carbonyl (C=O) groups excluding carboxylic acids is 2. The molecule has 0 rings (SSSR count). The van der Waals surface area contributed by atoms with Gasteiger partial charge in [0, 0.05) is 6.54 Å². The molecule has 0 aromatic carbocycles. The molecule has 0 unspecified atom stereocenters. The molecule has 5 heteroatoms. The molecule has 0 heterocycles. The molecule has 82 valence electrons. The molecular weight excluding hydrogens is 184 g/mol. The Bertz CT molecular complexity index is 183. The van der Waals surface area contributed by atoms with Crippen molar-refractivity contribution in [2.24, 2.45) is 0 Å². The van der Waals surface area contributed by atoms with Crippen LogP contribution in [-0.4, -0.2) is 31.7 Å². The molecule has 0 aliphatic carbocycles. The number of rotatable bonds is 6. The summed E-state index contributed by atoms with van der Waals surface area (Å²) in [5, 5.41) is 4.91. The molecular formula is C9H18N2O3. The lowest BCUT2D eigenvalue weighted by atomic mass is 10.4. The Labute approximate surface area is 84.2 Å². The fourth-order valence-electron chi connectivity index (χ4n) is 0.772. The van der Waals surface area contributed by atoms with Gasteiger partial charge in [-0.25, -0.2) is 4.79 Å². The first-order valence-corrected chi connectivity index (χ1v) is 4.88. The summed E-state index contributed by atoms with van der Waals surface area (Å²) >= 11 is 0. The zero-order valence-corrected chi connectivity index (χ0v) is 8.76. The van der Waals surface area contributed by atoms with Crippen LogP contribution in [-0.2, 0) is 9.53 Å². The van der Waals surface area contributed by atoms with Crippen LogP contribution in [0.1, 0.15) is 26.7 Å². The predicted octanol–water partition coefficient (Wildman–Crippen LogP) is 0.649. The van der Waals surface area contributed by atoms with Gasteiger partial charge in [0.15, 0.2) is 0 Å². The molecule has 0 atom stereocenters. The summed E-state index contributed by atoms with van der Waals surface area (Å²) in [6, 6.07) is 0. The number of nitrogens with one attached hydrogen (secondary N) is 2. The summed E-state index contributed by atoms with van der Waals surface area (Å²) < 4.78 is 4.78. The van der Waals surface area contributed by atoms with Crippen LogP contribution in [0.3, 0.4) is 0 Å². The highest BCUT2D eigenvalue weighted by Gasteiger charge is 2.04. The van der Waals surface area contributed by atoms with Crippen LogP contribution in [0.2, 0.25) is 0 Å². The van der Waals surface area contributed by atoms with Gasteiger partial charge in [-0.2, -0.15) is 0 Å². The lowest BCUT2D eigenvalue weighted by Crippen LogP contribution is -2.37. The van der Waals surface area contributed by atoms with Gasteiger partial charge in [0.05, 0.1) is 13.2 Å². The second-order valence-corrected chi connectivity index (χ2v) is 2.80. The van der Waals surface area contributed by atoms with E-state index in [1.54, 1.807) is 0 Å². The van der Waals surface area contributed by atoms with Gasteiger partial charge < -0.3 is 15.4 Å². The monoisotopic (exact) mass is 202 g/mol. The van der Waals surface area contributed by atoms with Crippen molar-refractivity contribution in [1.82, 2.24) is 10.6 Å². The highest BCUT2D eigenvalue weighted by molar-refractivity contribution is 5.81. The maximum absolute atomic E-state index is 10.9. The third kappa shape index (κ3) is 7.39. The van der Waals surface area contributed by atoms with Crippen molar-refractivity contribution >= 4 is 12.0 Å². The number of alkyl carbamates (subject to hydrolysis) is 1. The molecule has 0 spiro atoms. The van der Waals surface area contributed by atoms with E-state index < -0.39 is 6.09 Å². The summed E-state index contributed by atoms with van der Waals surface area (Å²) in [7, 11) is 0. The average molecular weight is 202 g/mol. The Kier molecular flexibility index (Phi) is 7.59. The number of unbranched alkanes of at least 4 members (excludes halogenated alkanes) is 1. The van der Waals surface area contributed by atoms with Crippen molar-refractivity contribution in [2.45, 2.75) is 26.7 Å². The van der Waals surface area contributed by atoms with Crippen molar-refractivity contribution < 1.29 is 14.3 Å². The molecule has 0 aliphatic rings. The van der Waals surface area contributed by atoms with Crippen molar-refractivity contribution in [3.8, 4) is 0 Å². The number of hydrogen-bond acceptors (Lipinski definition) is 3. The largest absolute Gasteiger partial charge is 0.450 e. The third-order valence-electron chi connectivity index (χ3n) is 1.50. The zero-order valence-electron chi connectivity index (χ0n) is 8.76. The molecule has 0 bridgehead atoms. The van der Waals surface area contributed by atoms with Gasteiger partial charge in [0.25, 0.3) is 0 Å². The molecule has 0 radical (unpaired) electrons. The molecule has 2 amide bonds. The number of amides is 2. The molecule has 0 aromatic heterocycles. The van der Waals surface area contributed by atoms with Gasteiger partial charge in [-0.05, 0) is 13.3 Å². The number of carbonyl (C=O) groups is 2. The lowest BCUT2D eigenvalue weighted by molar-refractivity contribution is -0.120. The minimum absolute atomic E-state index is 0.0290. The lowest BCUT2D eigenvalue weighted by Gasteiger charge is -2.05. The number of hydrogen-bond donors (Lipinski definition) is 2. The van der Waals surface area contributed by atoms with Crippen molar-refractivity contribution in [2.75, 3.05) is 19.7 Å². The van der Waals surface area contributed by atoms with E-state index in [-0.39, 0.29) is 12.5 Å². The van der Waals surface area contributed by atoms with Gasteiger partial charge in [0.2, 0.25) is 5.91 Å². The topological polar surface area (TPSA) is 67.4 Å². The van der Waals surface area contributed by atoms with E-state index in [0.717, 1.165) is 12.8 Å². The van der Waals surface area contributed by atoms with E-state index >= 15 is 0 Å². The Morgan fingerprint density at radius 2 is 1.93 bits per heavy atom. The fraction of sp³-hybridized carbons (Fsp3) is 0.778. The van der Waals surface area contributed by atoms with E-state index in [4.69, 9.17) is 4.74 Å². The summed E-state index contributed by atoms with van der Waals surface area (Å²) in [6.45, 7) is 4.76. The Hall–Kier alpha value is -1.26. The number of likely N-dealkylation sites (N-methyl/N-ethyl adjacent to an activating group) is 1. The molecule has 0 fully saturated rings. The van der Waals surface area contributed by atoms with Crippen molar-refractivity contribution in [1.29, 1.82) is 0 Å². The van der Waals surface area contributed by atoms with Crippen LogP contribution >= 0.6 is 0 Å². The summed E-state index contributed by atoms with van der Waals surface area (Å²) in [5.74, 6) is -0.208. The van der Waals surface area contributed by atoms with Gasteiger partial charge in [-0.15, -0.1) is 0 Å². The van der Waals surface area contributed by atoms with E-state index in [2.05, 4.69) is 10.6 Å². The molecule has 0 aromatic rings. The average Bonchev–Trinajstić information content (AvgIpc) is 2.16. The van der Waals surface area contributed by atoms with Crippen LogP contribution in [0.15, 0.2) is 0 Å². The maximum Gasteiger partial charge on any atom is 0.407 e. The van der Waals surface area contributed by atoms with Gasteiger partial charge in [0.1, 0.15) is 0 Å². The smallest absolute Gasteiger partial charge is 0.407 e. The maximum atomic E-state index is 10.9. The fourth-order valence-corrected chi connectivity index (χ4v) is 0.772. The van der Waals surface area contributed by atoms with E-state index in [9.17, 15) is 9.59 Å². The van der Waals surface area contributed by atoms with Gasteiger partial charge in [-0.3, -0.25) is 4.79 Å². The van der Waals surface area contributed by atoms with Crippen molar-refractivity contribution in [3.63, 3.8) is 0 Å². The third-order valence-corrected chi connectivity index (χ3v) is 1.50. The second kappa shape index (κ2) is 8.34. The molecule has 0 saturated heterocycles. The molecule has 2 N–H and O–H groups in total. The van der Waals surface area contributed by atoms with E-state index in [1.807, 2.05) is 13.8 Å². The number of ether oxygens (including phenoxy) is 1. The Balaban J connectivity index is 3.39. The normalized spacial score (nSPS) is 9.29. The van der Waals surface area contributed by atoms with E-state index in [0.29, 0.717) is 13.2 Å². The highest BCUT2D eigenvalue weighted by Crippen LogP contribution is 1.87. The van der Waals surface area contributed by atoms with Gasteiger partial charge in [-0.1, -0.05) is 13.3 Å². The standard InChI is InChI=1S/C9H18N2O3/c1-3-5-6-14-9(13)11-7-8(12)10-4-2/h3-7H2,1-2H3,(H,10,12)(H,11,13). The SMILES string of the molecule is CCCCOC(=O)NCC(=O)NCC. The van der Waals surface area contributed by atoms with E-state index in [1.165, 1.54) is 0 Å². The first kappa shape index (κ1) is 12.7. The predicted molar refractivity (Wildman–Crippen MR) is 52.9 cm³/mol. The molecule has 0 aliphatic heterocycles. The summed E-state index contributed by atoms with van der Waals surface area (Å²) in [5.41, 5.74) is 0. The molecule has 0 saturated carbocycles. The quantitative estimate of drug-likeness (QED) is 0.621. The Morgan fingerprint density at radius 1 is 1.21 bits per heavy atom. The van der Waals surface area contributed by atoms with Crippen LogP contribution in [0.25, 0.3) is 0 Å². The van der Waals surface area contributed by atoms with Crippen LogP contribution in [0.4, 0.5) is 4.79 Å². The minimum atomic E-state index is -0.537. The second-order valence-electron chi connectivity index (χ2n) is 2.80. The van der Waals surface area contributed by atoms with Crippen LogP contribution in [0, 0.1) is 0 Å². The summed E-state index contributed by atoms with van der Waals surface area (Å²) in [6.07, 6.45) is 1.28. The first-order chi connectivity index (χ1) is 6.70. The minimum Gasteiger partial charge on any atom is -0.450 e. The molecule has 5 nitrogen and oxygen atoms in total. The van der Waals surface area contributed by atoms with Crippen LogP contribution in [0.5, 0.6) is 0 Å². The van der Waals surface area contributed by atoms with Crippen molar-refractivity contribution in [3.05, 3.63) is 0 Å². The molecule has 14 heavy (non-hydrogen) atoms. The van der Waals surface area contributed by atoms with Crippen LogP contribution < -0.4 is 10.6 Å². The van der Waals surface area contributed by atoms with Gasteiger partial charge >= 0.3 is 6.09 Å². The first-order valence-electron chi connectivity index (χ1n) is 4.88. The summed E-state index contributed by atoms with van der Waals surface area (Å²) in [4.78, 5) is 21.8. The Morgan fingerprint density at radius 3 is 2.50 bits per heavy atom.